The summed E-state index contributed by atoms with van der Waals surface area (Å²) in [6, 6.07) is 14.4. The van der Waals surface area contributed by atoms with Gasteiger partial charge in [0.15, 0.2) is 5.13 Å². The summed E-state index contributed by atoms with van der Waals surface area (Å²) in [5.41, 5.74) is -0.292. The average Bonchev–Trinajstić information content (AvgIpc) is 4.15. The van der Waals surface area contributed by atoms with Gasteiger partial charge in [-0.3, -0.25) is 32.5 Å². The summed E-state index contributed by atoms with van der Waals surface area (Å²) in [5.74, 6) is -3.00. The summed E-state index contributed by atoms with van der Waals surface area (Å²) < 4.78 is 37.9. The number of methoxy groups -OCH3 is 1. The SMILES string of the molecule is C=CC1C[C@]1(NC(=O)[C@@H]1C[C@@H](Oc2cc(-c3ccccc3)nc3cc(OC)ccc23)CN1C(=O)[C@@H](CC(=O)N1CCCC[C@H]1C(=O)Nc1nccs1)C(C)(C)C)C(=O)N(C1CC1)S(=O)[O-]. The van der Waals surface area contributed by atoms with Crippen molar-refractivity contribution in [3.8, 4) is 22.8 Å². The maximum Gasteiger partial charge on any atom is 0.260 e. The van der Waals surface area contributed by atoms with E-state index in [1.807, 2.05) is 63.2 Å². The standard InChI is InChI=1S/C47H55N7O9S2/c1-6-29-26-47(29,44(59)54(65(60)61)30-15-16-30)51-42(57)38-23-32(63-39-25-35(28-12-8-7-9-13-28)49-36-22-31(62-5)17-18-33(36)39)27-53(38)43(58)34(46(2,3)4)24-40(55)52-20-11-10-14-37(52)41(56)50-45-48-19-21-64-45/h6-9,12-13,17-19,21-22,25,29-30,32,34,37-38H,1,10-11,14-16,20,23-24,26-27H2,2-5H3,(H,51,57)(H,60,61)(H,48,50,56)/p-1/t29?,32-,34-,37+,38+,47-/m1/s1. The molecule has 4 fully saturated rings. The van der Waals surface area contributed by atoms with Crippen molar-refractivity contribution >= 4 is 68.2 Å². The Hall–Kier alpha value is -5.72. The summed E-state index contributed by atoms with van der Waals surface area (Å²) in [5, 5.41) is 8.58. The van der Waals surface area contributed by atoms with E-state index in [1.165, 1.54) is 22.3 Å². The van der Waals surface area contributed by atoms with Crippen molar-refractivity contribution in [3.63, 3.8) is 0 Å². The number of nitrogens with one attached hydrogen (secondary N) is 2. The zero-order chi connectivity index (χ0) is 46.2. The second-order valence-corrected chi connectivity index (χ2v) is 20.1. The molecule has 2 saturated carbocycles. The van der Waals surface area contributed by atoms with Crippen LogP contribution in [-0.4, -0.2) is 112 Å². The highest BCUT2D eigenvalue weighted by Crippen LogP contribution is 2.48. The maximum atomic E-state index is 15.2. The van der Waals surface area contributed by atoms with Crippen LogP contribution in [0.4, 0.5) is 5.13 Å². The van der Waals surface area contributed by atoms with Crippen molar-refractivity contribution in [2.24, 2.45) is 17.3 Å². The largest absolute Gasteiger partial charge is 0.755 e. The third kappa shape index (κ3) is 9.65. The van der Waals surface area contributed by atoms with Crippen molar-refractivity contribution in [2.75, 3.05) is 25.5 Å². The van der Waals surface area contributed by atoms with Gasteiger partial charge >= 0.3 is 0 Å². The lowest BCUT2D eigenvalue weighted by Crippen LogP contribution is -2.58. The van der Waals surface area contributed by atoms with E-state index >= 15 is 4.79 Å². The van der Waals surface area contributed by atoms with Crippen LogP contribution in [0.2, 0.25) is 0 Å². The molecule has 18 heteroatoms. The predicted octanol–water partition coefficient (Wildman–Crippen LogP) is 5.63. The molecule has 344 valence electrons. The van der Waals surface area contributed by atoms with Gasteiger partial charge in [-0.25, -0.2) is 9.97 Å². The van der Waals surface area contributed by atoms with E-state index in [1.54, 1.807) is 35.7 Å². The van der Waals surface area contributed by atoms with Gasteiger partial charge < -0.3 is 34.5 Å². The number of thiazole rings is 1. The second-order valence-electron chi connectivity index (χ2n) is 18.4. The highest BCUT2D eigenvalue weighted by Gasteiger charge is 2.63. The minimum absolute atomic E-state index is 0.0109. The molecule has 2 saturated heterocycles. The van der Waals surface area contributed by atoms with Crippen LogP contribution in [0.15, 0.2) is 78.8 Å². The minimum Gasteiger partial charge on any atom is -0.755 e. The summed E-state index contributed by atoms with van der Waals surface area (Å²) in [6.07, 6.45) is 5.23. The number of fused-ring (bicyclic) bond motifs is 1. The number of benzene rings is 2. The number of hydrogen-bond donors (Lipinski definition) is 2. The van der Waals surface area contributed by atoms with E-state index in [2.05, 4.69) is 22.2 Å². The summed E-state index contributed by atoms with van der Waals surface area (Å²) in [6.45, 7) is 9.71. The number of piperidine rings is 1. The van der Waals surface area contributed by atoms with Crippen LogP contribution in [0.1, 0.15) is 72.1 Å². The Labute approximate surface area is 384 Å². The molecule has 2 N–H and O–H groups in total. The number of nitrogens with zero attached hydrogens (tertiary/aromatic N) is 5. The fraction of sp³-hybridized carbons (Fsp3) is 0.468. The molecular formula is C47H54N7O9S2-. The first kappa shape index (κ1) is 45.8. The van der Waals surface area contributed by atoms with Crippen LogP contribution in [-0.2, 0) is 35.2 Å². The highest BCUT2D eigenvalue weighted by atomic mass is 32.2. The topological polar surface area (TPSA) is 204 Å². The molecule has 2 aliphatic carbocycles. The second kappa shape index (κ2) is 18.6. The van der Waals surface area contributed by atoms with Gasteiger partial charge in [0, 0.05) is 66.0 Å². The number of pyridine rings is 1. The fourth-order valence-electron chi connectivity index (χ4n) is 9.12. The minimum atomic E-state index is -2.87. The Kier molecular flexibility index (Phi) is 13.1. The predicted molar refractivity (Wildman–Crippen MR) is 244 cm³/mol. The number of ether oxygens (including phenoxy) is 2. The summed E-state index contributed by atoms with van der Waals surface area (Å²) in [4.78, 5) is 84.1. The lowest BCUT2D eigenvalue weighted by molar-refractivity contribution is -0.150. The summed E-state index contributed by atoms with van der Waals surface area (Å²) in [7, 11) is 1.57. The van der Waals surface area contributed by atoms with Crippen LogP contribution in [0.25, 0.3) is 22.2 Å². The van der Waals surface area contributed by atoms with Crippen LogP contribution in [0.5, 0.6) is 11.5 Å². The van der Waals surface area contributed by atoms with Crippen LogP contribution < -0.4 is 20.1 Å². The van der Waals surface area contributed by atoms with Gasteiger partial charge in [-0.05, 0) is 56.1 Å². The van der Waals surface area contributed by atoms with Crippen LogP contribution in [0.3, 0.4) is 0 Å². The van der Waals surface area contributed by atoms with E-state index in [0.717, 1.165) is 16.3 Å². The number of likely N-dealkylation sites (tertiary alicyclic amines) is 2. The molecule has 2 aromatic heterocycles. The number of carbonyl (C=O) groups is 5. The Balaban J connectivity index is 1.11. The first-order valence-corrected chi connectivity index (χ1v) is 23.9. The quantitative estimate of drug-likeness (QED) is 0.110. The Morgan fingerprint density at radius 3 is 2.46 bits per heavy atom. The molecule has 0 spiro atoms. The molecule has 2 unspecified atom stereocenters. The number of carbonyl (C=O) groups excluding carboxylic acids is 5. The van der Waals surface area contributed by atoms with Crippen molar-refractivity contribution in [1.29, 1.82) is 0 Å². The average molecular weight is 925 g/mol. The van der Waals surface area contributed by atoms with Crippen molar-refractivity contribution < 1.29 is 42.2 Å². The van der Waals surface area contributed by atoms with E-state index in [4.69, 9.17) is 14.5 Å². The number of amides is 5. The smallest absolute Gasteiger partial charge is 0.260 e. The fourth-order valence-corrected chi connectivity index (χ4v) is 10.4. The molecule has 0 bridgehead atoms. The third-order valence-corrected chi connectivity index (χ3v) is 14.4. The van der Waals surface area contributed by atoms with Gasteiger partial charge in [0.1, 0.15) is 35.2 Å². The zero-order valence-corrected chi connectivity index (χ0v) is 38.5. The molecule has 16 nitrogen and oxygen atoms in total. The normalized spacial score (nSPS) is 23.8. The molecule has 4 aliphatic rings. The van der Waals surface area contributed by atoms with E-state index in [0.29, 0.717) is 65.5 Å². The maximum absolute atomic E-state index is 15.2. The first-order chi connectivity index (χ1) is 31.1. The Morgan fingerprint density at radius 1 is 1.05 bits per heavy atom. The van der Waals surface area contributed by atoms with Gasteiger partial charge in [0.05, 0.1) is 42.0 Å². The molecule has 2 aliphatic heterocycles. The summed E-state index contributed by atoms with van der Waals surface area (Å²) >= 11 is -1.59. The number of aromatic nitrogens is 2. The number of anilines is 1. The van der Waals surface area contributed by atoms with E-state index < -0.39 is 76.0 Å². The first-order valence-electron chi connectivity index (χ1n) is 22.0. The van der Waals surface area contributed by atoms with E-state index in [-0.39, 0.29) is 37.6 Å². The molecule has 7 atom stereocenters. The zero-order valence-electron chi connectivity index (χ0n) is 36.9. The van der Waals surface area contributed by atoms with Crippen molar-refractivity contribution in [2.45, 2.75) is 102 Å². The molecule has 0 radical (unpaired) electrons. The Morgan fingerprint density at radius 2 is 1.82 bits per heavy atom. The van der Waals surface area contributed by atoms with Gasteiger partial charge in [0.2, 0.25) is 23.6 Å². The van der Waals surface area contributed by atoms with Gasteiger partial charge in [-0.2, -0.15) is 0 Å². The molecule has 2 aromatic carbocycles. The Bertz CT molecular complexity index is 2500. The lowest BCUT2D eigenvalue weighted by atomic mass is 9.77. The molecule has 4 heterocycles. The number of rotatable bonds is 15. The van der Waals surface area contributed by atoms with Crippen molar-refractivity contribution in [3.05, 3.63) is 78.8 Å². The molecule has 65 heavy (non-hydrogen) atoms. The van der Waals surface area contributed by atoms with E-state index in [9.17, 15) is 27.9 Å². The van der Waals surface area contributed by atoms with Gasteiger partial charge in [0.25, 0.3) is 5.91 Å². The lowest BCUT2D eigenvalue weighted by Gasteiger charge is -2.38. The molecular weight excluding hydrogens is 871 g/mol. The third-order valence-electron chi connectivity index (χ3n) is 13.0. The van der Waals surface area contributed by atoms with Gasteiger partial charge in [-0.15, -0.1) is 17.9 Å². The van der Waals surface area contributed by atoms with Crippen molar-refractivity contribution in [1.82, 2.24) is 29.4 Å². The number of hydrogen-bond acceptors (Lipinski definition) is 12. The molecule has 8 rings (SSSR count). The van der Waals surface area contributed by atoms with Gasteiger partial charge in [-0.1, -0.05) is 57.2 Å². The van der Waals surface area contributed by atoms with Crippen LogP contribution >= 0.6 is 11.3 Å². The van der Waals surface area contributed by atoms with Crippen LogP contribution in [0, 0.1) is 17.3 Å². The highest BCUT2D eigenvalue weighted by molar-refractivity contribution is 7.77. The molecule has 4 aromatic rings. The monoisotopic (exact) mass is 924 g/mol. The molecule has 5 amide bonds.